The maximum absolute atomic E-state index is 14.2. The van der Waals surface area contributed by atoms with E-state index in [1.807, 2.05) is 0 Å². The highest BCUT2D eigenvalue weighted by Crippen LogP contribution is 2.34. The molecule has 1 aromatic carbocycles. The van der Waals surface area contributed by atoms with E-state index < -0.39 is 21.7 Å². The molecule has 0 bridgehead atoms. The predicted molar refractivity (Wildman–Crippen MR) is 110 cm³/mol. The number of nitrogens with zero attached hydrogens (tertiary/aromatic N) is 3. The molecule has 2 aliphatic rings. The molecule has 0 N–H and O–H groups in total. The van der Waals surface area contributed by atoms with Gasteiger partial charge in [-0.3, -0.25) is 9.69 Å². The predicted octanol–water partition coefficient (Wildman–Crippen LogP) is 2.76. The Labute approximate surface area is 177 Å². The van der Waals surface area contributed by atoms with Gasteiger partial charge in [0, 0.05) is 31.7 Å². The number of thiazole rings is 1. The van der Waals surface area contributed by atoms with Crippen molar-refractivity contribution < 1.29 is 26.7 Å². The number of aromatic nitrogens is 1. The molecule has 0 saturated carbocycles. The summed E-state index contributed by atoms with van der Waals surface area (Å²) in [7, 11) is -3.29. The van der Waals surface area contributed by atoms with Crippen LogP contribution in [0.3, 0.4) is 0 Å². The van der Waals surface area contributed by atoms with Gasteiger partial charge in [-0.1, -0.05) is 11.3 Å². The minimum absolute atomic E-state index is 0.0356. The van der Waals surface area contributed by atoms with E-state index in [-0.39, 0.29) is 43.1 Å². The van der Waals surface area contributed by atoms with Gasteiger partial charge in [0.1, 0.15) is 11.3 Å². The molecule has 2 aliphatic heterocycles. The maximum atomic E-state index is 14.2. The van der Waals surface area contributed by atoms with Crippen LogP contribution in [0, 0.1) is 17.6 Å². The van der Waals surface area contributed by atoms with Crippen LogP contribution in [0.2, 0.25) is 0 Å². The second kappa shape index (κ2) is 8.45. The average Bonchev–Trinajstić information content (AvgIpc) is 3.34. The lowest BCUT2D eigenvalue weighted by Crippen LogP contribution is -2.46. The van der Waals surface area contributed by atoms with Gasteiger partial charge in [-0.05, 0) is 31.7 Å². The number of anilines is 1. The molecule has 30 heavy (non-hydrogen) atoms. The highest BCUT2D eigenvalue weighted by atomic mass is 32.2. The summed E-state index contributed by atoms with van der Waals surface area (Å²) in [5, 5.41) is 0.306. The summed E-state index contributed by atoms with van der Waals surface area (Å²) < 4.78 is 58.6. The van der Waals surface area contributed by atoms with Crippen molar-refractivity contribution in [1.82, 2.24) is 9.29 Å². The van der Waals surface area contributed by atoms with Gasteiger partial charge < -0.3 is 4.74 Å². The number of halogens is 2. The van der Waals surface area contributed by atoms with Crippen molar-refractivity contribution in [1.29, 1.82) is 0 Å². The third kappa shape index (κ3) is 4.48. The topological polar surface area (TPSA) is 79.8 Å². The number of amides is 1. The summed E-state index contributed by atoms with van der Waals surface area (Å²) in [6.07, 6.45) is 3.54. The van der Waals surface area contributed by atoms with Crippen molar-refractivity contribution in [3.8, 4) is 0 Å². The van der Waals surface area contributed by atoms with Crippen LogP contribution in [0.5, 0.6) is 0 Å². The third-order valence-electron chi connectivity index (χ3n) is 5.58. The van der Waals surface area contributed by atoms with Crippen LogP contribution >= 0.6 is 11.3 Å². The summed E-state index contributed by atoms with van der Waals surface area (Å²) in [6, 6.07) is 1.98. The normalized spacial score (nSPS) is 21.4. The van der Waals surface area contributed by atoms with E-state index in [2.05, 4.69) is 4.98 Å². The van der Waals surface area contributed by atoms with Gasteiger partial charge in [-0.15, -0.1) is 0 Å². The number of piperidine rings is 1. The molecular formula is C19H23F2N3O4S2. The van der Waals surface area contributed by atoms with Crippen molar-refractivity contribution in [3.63, 3.8) is 0 Å². The van der Waals surface area contributed by atoms with Gasteiger partial charge >= 0.3 is 0 Å². The fourth-order valence-electron chi connectivity index (χ4n) is 3.97. The van der Waals surface area contributed by atoms with E-state index in [0.29, 0.717) is 29.3 Å². The summed E-state index contributed by atoms with van der Waals surface area (Å²) in [6.45, 7) is 1.47. The van der Waals surface area contributed by atoms with Gasteiger partial charge in [-0.25, -0.2) is 26.5 Å². The zero-order valence-corrected chi connectivity index (χ0v) is 18.1. The summed E-state index contributed by atoms with van der Waals surface area (Å²) in [5.74, 6) is -2.00. The smallest absolute Gasteiger partial charge is 0.232 e. The number of fused-ring (bicyclic) bond motifs is 1. The van der Waals surface area contributed by atoms with Gasteiger partial charge in [-0.2, -0.15) is 0 Å². The molecule has 1 amide bonds. The molecule has 1 atom stereocenters. The first-order valence-corrected chi connectivity index (χ1v) is 12.5. The molecule has 11 heteroatoms. The SMILES string of the molecule is CS(=O)(=O)N1CCC(C(=O)N(CC2CCCO2)c2nc3c(F)cc(F)cc3s2)CC1. The van der Waals surface area contributed by atoms with Crippen molar-refractivity contribution in [2.75, 3.05) is 37.4 Å². The molecule has 0 spiro atoms. The van der Waals surface area contributed by atoms with E-state index in [0.717, 1.165) is 36.5 Å². The van der Waals surface area contributed by atoms with Crippen molar-refractivity contribution >= 4 is 42.6 Å². The minimum atomic E-state index is -3.29. The van der Waals surface area contributed by atoms with Crippen LogP contribution in [0.1, 0.15) is 25.7 Å². The Balaban J connectivity index is 1.60. The fourth-order valence-corrected chi connectivity index (χ4v) is 5.86. The molecule has 7 nitrogen and oxygen atoms in total. The molecule has 4 rings (SSSR count). The molecule has 2 saturated heterocycles. The molecule has 3 heterocycles. The van der Waals surface area contributed by atoms with Crippen LogP contribution in [0.15, 0.2) is 12.1 Å². The summed E-state index contributed by atoms with van der Waals surface area (Å²) >= 11 is 1.07. The molecule has 0 radical (unpaired) electrons. The zero-order chi connectivity index (χ0) is 21.5. The Morgan fingerprint density at radius 1 is 1.30 bits per heavy atom. The number of benzene rings is 1. The highest BCUT2D eigenvalue weighted by molar-refractivity contribution is 7.88. The Hall–Kier alpha value is -1.69. The van der Waals surface area contributed by atoms with E-state index >= 15 is 0 Å². The van der Waals surface area contributed by atoms with Gasteiger partial charge in [0.15, 0.2) is 10.9 Å². The largest absolute Gasteiger partial charge is 0.376 e. The molecule has 2 fully saturated rings. The minimum Gasteiger partial charge on any atom is -0.376 e. The zero-order valence-electron chi connectivity index (χ0n) is 16.5. The standard InChI is InChI=1S/C19H23F2N3O4S2/c1-30(26,27)23-6-4-12(5-7-23)18(25)24(11-14-3-2-8-28-14)19-22-17-15(21)9-13(20)10-16(17)29-19/h9-10,12,14H,2-8,11H2,1H3. The molecule has 164 valence electrons. The Kier molecular flexibility index (Phi) is 6.06. The number of hydrogen-bond acceptors (Lipinski definition) is 6. The second-order valence-electron chi connectivity index (χ2n) is 7.75. The van der Waals surface area contributed by atoms with E-state index in [1.165, 1.54) is 15.3 Å². The Morgan fingerprint density at radius 2 is 2.03 bits per heavy atom. The van der Waals surface area contributed by atoms with Crippen molar-refractivity contribution in [2.45, 2.75) is 31.8 Å². The van der Waals surface area contributed by atoms with E-state index in [4.69, 9.17) is 4.74 Å². The highest BCUT2D eigenvalue weighted by Gasteiger charge is 2.34. The van der Waals surface area contributed by atoms with E-state index in [1.54, 1.807) is 0 Å². The lowest BCUT2D eigenvalue weighted by Gasteiger charge is -2.33. The lowest BCUT2D eigenvalue weighted by atomic mass is 9.96. The molecule has 1 aromatic heterocycles. The lowest BCUT2D eigenvalue weighted by molar-refractivity contribution is -0.123. The number of sulfonamides is 1. The number of carbonyl (C=O) groups excluding carboxylic acids is 1. The van der Waals surface area contributed by atoms with Crippen LogP contribution < -0.4 is 4.90 Å². The van der Waals surface area contributed by atoms with Gasteiger partial charge in [0.25, 0.3) is 0 Å². The first-order chi connectivity index (χ1) is 14.2. The van der Waals surface area contributed by atoms with Crippen LogP contribution in [0.25, 0.3) is 10.2 Å². The molecule has 0 aliphatic carbocycles. The first-order valence-electron chi connectivity index (χ1n) is 9.86. The fraction of sp³-hybridized carbons (Fsp3) is 0.579. The first kappa shape index (κ1) is 21.5. The number of ether oxygens (including phenoxy) is 1. The quantitative estimate of drug-likeness (QED) is 0.687. The number of carbonyl (C=O) groups is 1. The Bertz CT molecular complexity index is 1050. The van der Waals surface area contributed by atoms with E-state index in [9.17, 15) is 22.0 Å². The average molecular weight is 460 g/mol. The monoisotopic (exact) mass is 459 g/mol. The van der Waals surface area contributed by atoms with Gasteiger partial charge in [0.2, 0.25) is 15.9 Å². The third-order valence-corrected chi connectivity index (χ3v) is 7.91. The number of hydrogen-bond donors (Lipinski definition) is 0. The van der Waals surface area contributed by atoms with Crippen molar-refractivity contribution in [2.24, 2.45) is 5.92 Å². The van der Waals surface area contributed by atoms with Crippen LogP contribution in [-0.4, -0.2) is 62.2 Å². The maximum Gasteiger partial charge on any atom is 0.232 e. The molecule has 2 aromatic rings. The van der Waals surface area contributed by atoms with Crippen LogP contribution in [0.4, 0.5) is 13.9 Å². The van der Waals surface area contributed by atoms with Gasteiger partial charge in [0.05, 0.1) is 23.6 Å². The summed E-state index contributed by atoms with van der Waals surface area (Å²) in [5.41, 5.74) is 0.0356. The summed E-state index contributed by atoms with van der Waals surface area (Å²) in [4.78, 5) is 19.2. The Morgan fingerprint density at radius 3 is 2.67 bits per heavy atom. The second-order valence-corrected chi connectivity index (χ2v) is 10.7. The molecular weight excluding hydrogens is 436 g/mol. The van der Waals surface area contributed by atoms with Crippen LogP contribution in [-0.2, 0) is 19.6 Å². The van der Waals surface area contributed by atoms with Crippen molar-refractivity contribution in [3.05, 3.63) is 23.8 Å². The number of rotatable bonds is 5. The molecule has 1 unspecified atom stereocenters.